The summed E-state index contributed by atoms with van der Waals surface area (Å²) in [5, 5.41) is 3.35. The van der Waals surface area contributed by atoms with E-state index in [9.17, 15) is 18.0 Å². The third kappa shape index (κ3) is 2.72. The topological polar surface area (TPSA) is 68.5 Å². The highest BCUT2D eigenvalue weighted by Crippen LogP contribution is 2.47. The van der Waals surface area contributed by atoms with Crippen molar-refractivity contribution in [3.05, 3.63) is 35.7 Å². The number of rotatable bonds is 2. The van der Waals surface area contributed by atoms with Gasteiger partial charge in [-0.1, -0.05) is 17.3 Å². The van der Waals surface area contributed by atoms with Crippen molar-refractivity contribution < 1.29 is 27.2 Å². The number of hydrogen-bond donors (Lipinski definition) is 0. The fraction of sp³-hybridized carbons (Fsp3) is 0.500. The number of carbonyl (C=O) groups excluding carboxylic acids is 1. The Morgan fingerprint density at radius 2 is 1.70 bits per heavy atom. The van der Waals surface area contributed by atoms with E-state index in [-0.39, 0.29) is 23.9 Å². The van der Waals surface area contributed by atoms with Gasteiger partial charge in [-0.15, -0.1) is 0 Å². The minimum absolute atomic E-state index is 0.0700. The van der Waals surface area contributed by atoms with E-state index >= 15 is 0 Å². The minimum atomic E-state index is -4.68. The molecule has 0 unspecified atom stereocenters. The van der Waals surface area contributed by atoms with E-state index in [1.165, 1.54) is 12.1 Å². The molecule has 9 heteroatoms. The number of alkyl halides is 3. The molecule has 5 rings (SSSR count). The third-order valence-corrected chi connectivity index (χ3v) is 5.80. The summed E-state index contributed by atoms with van der Waals surface area (Å²) in [5.41, 5.74) is 0.849. The molecule has 6 nitrogen and oxygen atoms in total. The highest BCUT2D eigenvalue weighted by molar-refractivity contribution is 5.94. The van der Waals surface area contributed by atoms with Crippen molar-refractivity contribution in [2.24, 2.45) is 11.8 Å². The number of hydrogen-bond acceptors (Lipinski definition) is 5. The molecule has 1 amide bonds. The summed E-state index contributed by atoms with van der Waals surface area (Å²) in [6, 6.07) is 6.23. The lowest BCUT2D eigenvalue weighted by Gasteiger charge is -2.19. The van der Waals surface area contributed by atoms with Gasteiger partial charge in [0.05, 0.1) is 12.2 Å². The first-order valence-electron chi connectivity index (χ1n) is 8.86. The third-order valence-electron chi connectivity index (χ3n) is 5.80. The lowest BCUT2D eigenvalue weighted by atomic mass is 9.82. The summed E-state index contributed by atoms with van der Waals surface area (Å²) in [4.78, 5) is 18.0. The van der Waals surface area contributed by atoms with E-state index in [0.717, 1.165) is 12.8 Å². The molecule has 0 aliphatic carbocycles. The van der Waals surface area contributed by atoms with Crippen molar-refractivity contribution >= 4 is 5.91 Å². The second-order valence-corrected chi connectivity index (χ2v) is 7.33. The molecule has 0 saturated carbocycles. The molecule has 142 valence electrons. The Morgan fingerprint density at radius 1 is 1.07 bits per heavy atom. The first-order chi connectivity index (χ1) is 12.9. The molecule has 4 heterocycles. The molecule has 3 fully saturated rings. The Morgan fingerprint density at radius 3 is 2.26 bits per heavy atom. The van der Waals surface area contributed by atoms with Gasteiger partial charge in [-0.3, -0.25) is 4.79 Å². The summed E-state index contributed by atoms with van der Waals surface area (Å²) < 4.78 is 47.8. The van der Waals surface area contributed by atoms with Crippen LogP contribution >= 0.6 is 0 Å². The molecule has 27 heavy (non-hydrogen) atoms. The lowest BCUT2D eigenvalue weighted by Crippen LogP contribution is -2.31. The maximum atomic E-state index is 12.8. The fourth-order valence-electron chi connectivity index (χ4n) is 4.53. The fourth-order valence-corrected chi connectivity index (χ4v) is 4.53. The van der Waals surface area contributed by atoms with Crippen molar-refractivity contribution in [3.63, 3.8) is 0 Å². The maximum absolute atomic E-state index is 12.8. The first-order valence-corrected chi connectivity index (χ1v) is 8.86. The van der Waals surface area contributed by atoms with Crippen molar-refractivity contribution in [1.82, 2.24) is 15.0 Å². The minimum Gasteiger partial charge on any atom is -0.374 e. The van der Waals surface area contributed by atoms with Gasteiger partial charge in [0.1, 0.15) is 0 Å². The van der Waals surface area contributed by atoms with Crippen molar-refractivity contribution in [3.8, 4) is 11.4 Å². The lowest BCUT2D eigenvalue weighted by molar-refractivity contribution is -0.159. The second-order valence-electron chi connectivity index (χ2n) is 7.33. The summed E-state index contributed by atoms with van der Waals surface area (Å²) in [6.07, 6.45) is -1.97. The Labute approximate surface area is 152 Å². The summed E-state index contributed by atoms with van der Waals surface area (Å²) in [5.74, 6) is -0.775. The first kappa shape index (κ1) is 16.7. The van der Waals surface area contributed by atoms with E-state index in [1.807, 2.05) is 4.90 Å². The van der Waals surface area contributed by atoms with Gasteiger partial charge in [0.25, 0.3) is 5.91 Å². The molecular weight excluding hydrogens is 363 g/mol. The van der Waals surface area contributed by atoms with Gasteiger partial charge in [-0.25, -0.2) is 0 Å². The number of amides is 1. The predicted molar refractivity (Wildman–Crippen MR) is 85.5 cm³/mol. The second kappa shape index (κ2) is 5.79. The molecular formula is C18H16F3N3O3. The smallest absolute Gasteiger partial charge is 0.374 e. The van der Waals surface area contributed by atoms with Crippen molar-refractivity contribution in [2.75, 3.05) is 13.1 Å². The zero-order valence-electron chi connectivity index (χ0n) is 14.1. The molecule has 3 saturated heterocycles. The number of nitrogens with zero attached hydrogens (tertiary/aromatic N) is 3. The normalized spacial score (nSPS) is 29.4. The number of ether oxygens (including phenoxy) is 1. The van der Waals surface area contributed by atoms with Crippen LogP contribution < -0.4 is 0 Å². The summed E-state index contributed by atoms with van der Waals surface area (Å²) >= 11 is 0. The summed E-state index contributed by atoms with van der Waals surface area (Å²) in [6.45, 7) is 1.40. The predicted octanol–water partition coefficient (Wildman–Crippen LogP) is 3.00. The number of benzene rings is 1. The van der Waals surface area contributed by atoms with Crippen molar-refractivity contribution in [1.29, 1.82) is 0 Å². The monoisotopic (exact) mass is 379 g/mol. The molecule has 1 aromatic carbocycles. The number of halogens is 3. The molecule has 3 aliphatic heterocycles. The van der Waals surface area contributed by atoms with E-state index in [4.69, 9.17) is 4.74 Å². The maximum Gasteiger partial charge on any atom is 0.471 e. The van der Waals surface area contributed by atoms with E-state index in [0.29, 0.717) is 36.1 Å². The van der Waals surface area contributed by atoms with Gasteiger partial charge >= 0.3 is 12.1 Å². The summed E-state index contributed by atoms with van der Waals surface area (Å²) in [7, 11) is 0. The molecule has 2 bridgehead atoms. The van der Waals surface area contributed by atoms with Crippen LogP contribution in [0, 0.1) is 11.8 Å². The van der Waals surface area contributed by atoms with E-state index in [1.54, 1.807) is 12.1 Å². The van der Waals surface area contributed by atoms with Crippen LogP contribution in [-0.4, -0.2) is 46.2 Å². The van der Waals surface area contributed by atoms with Gasteiger partial charge in [-0.05, 0) is 25.0 Å². The van der Waals surface area contributed by atoms with Gasteiger partial charge in [0.15, 0.2) is 0 Å². The quantitative estimate of drug-likeness (QED) is 0.802. The van der Waals surface area contributed by atoms with Crippen LogP contribution in [0.2, 0.25) is 0 Å². The van der Waals surface area contributed by atoms with Gasteiger partial charge in [-0.2, -0.15) is 18.2 Å². The van der Waals surface area contributed by atoms with E-state index < -0.39 is 12.1 Å². The van der Waals surface area contributed by atoms with Crippen LogP contribution in [0.3, 0.4) is 0 Å². The molecule has 2 aromatic rings. The van der Waals surface area contributed by atoms with Crippen LogP contribution in [0.4, 0.5) is 13.2 Å². The average Bonchev–Trinajstić information content (AvgIpc) is 3.42. The van der Waals surface area contributed by atoms with Crippen LogP contribution in [0.25, 0.3) is 11.4 Å². The molecule has 0 radical (unpaired) electrons. The molecule has 4 atom stereocenters. The molecule has 3 aliphatic rings. The van der Waals surface area contributed by atoms with E-state index in [2.05, 4.69) is 14.7 Å². The zero-order valence-corrected chi connectivity index (χ0v) is 14.1. The highest BCUT2D eigenvalue weighted by atomic mass is 19.4. The van der Waals surface area contributed by atoms with Crippen LogP contribution in [-0.2, 0) is 10.9 Å². The molecule has 0 spiro atoms. The van der Waals surface area contributed by atoms with Gasteiger partial charge in [0, 0.05) is 36.1 Å². The number of carbonyl (C=O) groups is 1. The number of fused-ring (bicyclic) bond motifs is 5. The number of likely N-dealkylation sites (tertiary alicyclic amines) is 1. The Hall–Kier alpha value is -2.42. The standard InChI is InChI=1S/C18H16F3N3O3/c19-18(20,21)17-22-15(23-27-17)9-1-3-10(4-2-9)16(25)24-7-11-12(8-24)14-6-5-13(11)26-14/h1-4,11-14H,5-8H2/t11-,12-,13-,14-/m1/s1. The number of aromatic nitrogens is 2. The molecule has 0 N–H and O–H groups in total. The van der Waals surface area contributed by atoms with Crippen LogP contribution in [0.15, 0.2) is 28.8 Å². The Kier molecular flexibility index (Phi) is 3.59. The Balaban J connectivity index is 1.31. The largest absolute Gasteiger partial charge is 0.471 e. The molecule has 1 aromatic heterocycles. The van der Waals surface area contributed by atoms with Gasteiger partial charge < -0.3 is 14.2 Å². The zero-order chi connectivity index (χ0) is 18.8. The SMILES string of the molecule is O=C(c1ccc(-c2noc(C(F)(F)F)n2)cc1)N1C[C@@H]2[C@@H](C1)[C@H]1CC[C@H]2O1. The Bertz CT molecular complexity index is 862. The van der Waals surface area contributed by atoms with Crippen LogP contribution in [0.5, 0.6) is 0 Å². The van der Waals surface area contributed by atoms with Gasteiger partial charge in [0.2, 0.25) is 5.82 Å². The highest BCUT2D eigenvalue weighted by Gasteiger charge is 2.53. The van der Waals surface area contributed by atoms with Crippen LogP contribution in [0.1, 0.15) is 29.1 Å². The average molecular weight is 379 g/mol. The van der Waals surface area contributed by atoms with Crippen molar-refractivity contribution in [2.45, 2.75) is 31.2 Å².